The number of aliphatic hydroxyl groups excluding tert-OH is 3. The van der Waals surface area contributed by atoms with E-state index in [4.69, 9.17) is 32.3 Å². The van der Waals surface area contributed by atoms with Gasteiger partial charge < -0.3 is 43.1 Å². The van der Waals surface area contributed by atoms with Gasteiger partial charge in [-0.15, -0.1) is 4.52 Å². The minimum atomic E-state index is -4.04. The Balaban J connectivity index is 1.50. The van der Waals surface area contributed by atoms with E-state index < -0.39 is 24.6 Å². The maximum absolute atomic E-state index is 9.73. The van der Waals surface area contributed by atoms with Crippen molar-refractivity contribution in [2.45, 2.75) is 57.8 Å². The number of hydrogen-bond donors (Lipinski definition) is 3. The van der Waals surface area contributed by atoms with Crippen LogP contribution in [0.4, 0.5) is 0 Å². The summed E-state index contributed by atoms with van der Waals surface area (Å²) in [5.74, 6) is 3.15. The van der Waals surface area contributed by atoms with E-state index in [2.05, 4.69) is 0 Å². The van der Waals surface area contributed by atoms with Crippen molar-refractivity contribution in [1.29, 1.82) is 0 Å². The van der Waals surface area contributed by atoms with Gasteiger partial charge in [-0.05, 0) is 129 Å². The lowest BCUT2D eigenvalue weighted by Crippen LogP contribution is -2.37. The van der Waals surface area contributed by atoms with E-state index in [0.717, 1.165) is 36.0 Å². The summed E-state index contributed by atoms with van der Waals surface area (Å²) >= 11 is 0. The molecule has 3 N–H and O–H groups in total. The first kappa shape index (κ1) is 46.0. The van der Waals surface area contributed by atoms with E-state index in [0.29, 0.717) is 73.0 Å². The first-order chi connectivity index (χ1) is 31.1. The van der Waals surface area contributed by atoms with Crippen molar-refractivity contribution in [1.82, 2.24) is 9.21 Å². The molecular formula is C48H54N3O9P3. The molecule has 0 saturated carbocycles. The molecule has 12 nitrogen and oxygen atoms in total. The predicted molar refractivity (Wildman–Crippen MR) is 249 cm³/mol. The molecule has 0 bridgehead atoms. The van der Waals surface area contributed by atoms with Crippen LogP contribution in [0.3, 0.4) is 0 Å². The molecule has 2 atom stereocenters. The van der Waals surface area contributed by atoms with Crippen molar-refractivity contribution in [3.8, 4) is 34.5 Å². The molecule has 1 aliphatic heterocycles. The van der Waals surface area contributed by atoms with Gasteiger partial charge in [0.15, 0.2) is 5.75 Å². The molecule has 0 aliphatic carbocycles. The Morgan fingerprint density at radius 3 is 1.30 bits per heavy atom. The standard InChI is InChI=1S/C48H54N3O9P3/c52-37-19-16-25-40-22-10-13-34-46(40)56-51-62(58-45-32-8-3-9-33-45)50(55-43-28-4-1-5-29-43)61(57-44-30-6-2-7-31-44)49-63(51,59-47-35-14-11-23-41(47)26-17-20-38-53)60-48-36-15-12-24-42(48)27-18-21-39-54/h1-15,22-24,28-36,52-54H,16-21,25-27,37-39H2. The Hall–Kier alpha value is -4.99. The fraction of sp³-hybridized carbons (Fsp3) is 0.250. The summed E-state index contributed by atoms with van der Waals surface area (Å²) in [7, 11) is -8.52. The molecule has 1 aliphatic rings. The van der Waals surface area contributed by atoms with Crippen LogP contribution in [0, 0.1) is 0 Å². The Morgan fingerprint density at radius 2 is 0.825 bits per heavy atom. The van der Waals surface area contributed by atoms with E-state index in [-0.39, 0.29) is 19.8 Å². The topological polar surface area (TPSA) is 135 Å². The average molecular weight is 910 g/mol. The van der Waals surface area contributed by atoms with Crippen LogP contribution >= 0.6 is 24.6 Å². The van der Waals surface area contributed by atoms with Crippen molar-refractivity contribution >= 4 is 24.6 Å². The Kier molecular flexibility index (Phi) is 17.7. The highest BCUT2D eigenvalue weighted by Crippen LogP contribution is 2.78. The SMILES string of the molecule is OCCCCc1ccccc1ON1P(Oc2ccccc2)N(Oc2ccccc2)P(Oc2ccccc2)N=P1(Oc1ccccc1CCCCO)Oc1ccccc1CCCCO. The van der Waals surface area contributed by atoms with Gasteiger partial charge in [0.25, 0.3) is 0 Å². The first-order valence-corrected chi connectivity index (χ1v) is 25.1. The molecule has 0 fully saturated rings. The molecule has 6 aromatic rings. The molecule has 0 aromatic heterocycles. The van der Waals surface area contributed by atoms with Crippen LogP contribution in [-0.4, -0.2) is 44.3 Å². The van der Waals surface area contributed by atoms with Crippen LogP contribution < -0.4 is 27.8 Å². The summed E-state index contributed by atoms with van der Waals surface area (Å²) < 4.78 is 37.6. The molecule has 7 rings (SSSR count). The molecule has 0 spiro atoms. The van der Waals surface area contributed by atoms with Crippen molar-refractivity contribution in [3.63, 3.8) is 0 Å². The smallest absolute Gasteiger partial charge is 0.440 e. The molecule has 63 heavy (non-hydrogen) atoms. The summed E-state index contributed by atoms with van der Waals surface area (Å²) in [5, 5.41) is 29.2. The maximum Gasteiger partial charge on any atom is 0.447 e. The molecule has 15 heteroatoms. The van der Waals surface area contributed by atoms with Gasteiger partial charge in [-0.1, -0.05) is 109 Å². The largest absolute Gasteiger partial charge is 0.447 e. The number of nitrogens with zero attached hydrogens (tertiary/aromatic N) is 3. The zero-order chi connectivity index (χ0) is 43.5. The molecule has 0 saturated heterocycles. The van der Waals surface area contributed by atoms with Gasteiger partial charge in [0.05, 0.1) is 0 Å². The van der Waals surface area contributed by atoms with E-state index in [1.165, 1.54) is 0 Å². The van der Waals surface area contributed by atoms with Crippen molar-refractivity contribution in [2.24, 2.45) is 4.52 Å². The lowest BCUT2D eigenvalue weighted by molar-refractivity contribution is 0.0537. The Labute approximate surface area is 372 Å². The molecule has 1 heterocycles. The van der Waals surface area contributed by atoms with Crippen molar-refractivity contribution < 1.29 is 43.1 Å². The monoisotopic (exact) mass is 909 g/mol. The van der Waals surface area contributed by atoms with Gasteiger partial charge in [-0.25, -0.2) is 0 Å². The van der Waals surface area contributed by atoms with Crippen LogP contribution in [0.2, 0.25) is 0 Å². The fourth-order valence-corrected chi connectivity index (χ4v) is 14.1. The zero-order valence-electron chi connectivity index (χ0n) is 35.0. The van der Waals surface area contributed by atoms with Gasteiger partial charge in [0.1, 0.15) is 28.7 Å². The quantitative estimate of drug-likeness (QED) is 0.0396. The average Bonchev–Trinajstić information content (AvgIpc) is 3.31. The zero-order valence-corrected chi connectivity index (χ0v) is 37.7. The third-order valence-corrected chi connectivity index (χ3v) is 16.6. The van der Waals surface area contributed by atoms with Crippen molar-refractivity contribution in [3.05, 3.63) is 180 Å². The van der Waals surface area contributed by atoms with Crippen LogP contribution in [0.15, 0.2) is 168 Å². The number of rotatable bonds is 24. The second kappa shape index (κ2) is 24.2. The number of aliphatic hydroxyl groups is 3. The highest BCUT2D eigenvalue weighted by Gasteiger charge is 2.58. The first-order valence-electron chi connectivity index (χ1n) is 21.2. The molecule has 0 radical (unpaired) electrons. The normalized spacial score (nSPS) is 16.1. The van der Waals surface area contributed by atoms with Crippen LogP contribution in [0.1, 0.15) is 55.2 Å². The third-order valence-electron chi connectivity index (χ3n) is 9.73. The molecule has 330 valence electrons. The van der Waals surface area contributed by atoms with E-state index in [9.17, 15) is 15.3 Å². The number of aryl methyl sites for hydroxylation is 3. The molecule has 6 aromatic carbocycles. The predicted octanol–water partition coefficient (Wildman–Crippen LogP) is 12.3. The summed E-state index contributed by atoms with van der Waals surface area (Å²) in [4.78, 5) is 14.1. The third kappa shape index (κ3) is 12.8. The van der Waals surface area contributed by atoms with Gasteiger partial charge >= 0.3 is 24.6 Å². The van der Waals surface area contributed by atoms with Gasteiger partial charge in [0.2, 0.25) is 0 Å². The van der Waals surface area contributed by atoms with E-state index in [1.807, 2.05) is 164 Å². The summed E-state index contributed by atoms with van der Waals surface area (Å²) in [5.41, 5.74) is 2.69. The Morgan fingerprint density at radius 1 is 0.429 bits per heavy atom. The second-order valence-corrected chi connectivity index (χ2v) is 20.0. The summed E-state index contributed by atoms with van der Waals surface area (Å²) in [6.45, 7) is 0.224. The molecular weight excluding hydrogens is 855 g/mol. The maximum atomic E-state index is 9.73. The number of para-hydroxylation sites is 6. The minimum absolute atomic E-state index is 0.0737. The minimum Gasteiger partial charge on any atom is -0.440 e. The number of unbranched alkanes of at least 4 members (excludes halogenated alkanes) is 3. The number of hydrogen-bond acceptors (Lipinski definition) is 12. The highest BCUT2D eigenvalue weighted by atomic mass is 31.3. The van der Waals surface area contributed by atoms with Gasteiger partial charge in [-0.2, -0.15) is 0 Å². The lowest BCUT2D eigenvalue weighted by Gasteiger charge is -2.44. The van der Waals surface area contributed by atoms with Crippen molar-refractivity contribution in [2.75, 3.05) is 19.8 Å². The van der Waals surface area contributed by atoms with Crippen LogP contribution in [-0.2, 0) is 19.3 Å². The summed E-state index contributed by atoms with van der Waals surface area (Å²) in [6.07, 6.45) is 5.92. The van der Waals surface area contributed by atoms with Crippen LogP contribution in [0.5, 0.6) is 34.5 Å². The Bertz CT molecular complexity index is 2270. The summed E-state index contributed by atoms with van der Waals surface area (Å²) in [6, 6.07) is 51.6. The molecule has 0 amide bonds. The van der Waals surface area contributed by atoms with E-state index in [1.54, 1.807) is 9.21 Å². The van der Waals surface area contributed by atoms with Gasteiger partial charge in [-0.3, -0.25) is 0 Å². The highest BCUT2D eigenvalue weighted by molar-refractivity contribution is 7.78. The second-order valence-electron chi connectivity index (χ2n) is 14.4. The number of benzene rings is 6. The van der Waals surface area contributed by atoms with E-state index >= 15 is 0 Å². The fourth-order valence-electron chi connectivity index (χ4n) is 6.55. The molecule has 2 unspecified atom stereocenters. The van der Waals surface area contributed by atoms with Crippen LogP contribution in [0.25, 0.3) is 0 Å². The van der Waals surface area contributed by atoms with Gasteiger partial charge in [0, 0.05) is 29.0 Å². The lowest BCUT2D eigenvalue weighted by atomic mass is 10.1.